The van der Waals surface area contributed by atoms with Gasteiger partial charge in [-0.15, -0.1) is 11.8 Å². The van der Waals surface area contributed by atoms with Gasteiger partial charge in [-0.3, -0.25) is 4.79 Å². The fourth-order valence-corrected chi connectivity index (χ4v) is 3.79. The van der Waals surface area contributed by atoms with Crippen LogP contribution in [0.5, 0.6) is 0 Å². The molecule has 6 heteroatoms. The van der Waals surface area contributed by atoms with Crippen molar-refractivity contribution in [2.45, 2.75) is 4.90 Å². The van der Waals surface area contributed by atoms with Crippen molar-refractivity contribution in [3.63, 3.8) is 0 Å². The van der Waals surface area contributed by atoms with Gasteiger partial charge in [-0.05, 0) is 24.3 Å². The number of para-hydroxylation sites is 1. The number of carbonyl (C=O) groups is 1. The van der Waals surface area contributed by atoms with Gasteiger partial charge in [-0.2, -0.15) is 4.99 Å². The number of halogens is 1. The molecule has 0 radical (unpaired) electrons. The van der Waals surface area contributed by atoms with Gasteiger partial charge in [0.15, 0.2) is 4.80 Å². The highest BCUT2D eigenvalue weighted by atomic mass is 32.2. The van der Waals surface area contributed by atoms with Crippen LogP contribution in [-0.2, 0) is 11.8 Å². The lowest BCUT2D eigenvalue weighted by molar-refractivity contribution is -0.115. The highest BCUT2D eigenvalue weighted by Gasteiger charge is 2.07. The number of thioether (sulfide) groups is 1. The van der Waals surface area contributed by atoms with Crippen molar-refractivity contribution in [3.05, 3.63) is 59.1 Å². The monoisotopic (exact) mass is 332 g/mol. The molecule has 0 aliphatic carbocycles. The number of benzene rings is 2. The van der Waals surface area contributed by atoms with Crippen molar-refractivity contribution in [2.75, 3.05) is 5.75 Å². The molecule has 0 spiro atoms. The first-order chi connectivity index (χ1) is 10.6. The highest BCUT2D eigenvalue weighted by Crippen LogP contribution is 2.21. The molecule has 0 aliphatic rings. The number of hydrogen-bond donors (Lipinski definition) is 0. The molecular formula is C16H13FN2OS2. The molecule has 1 amide bonds. The summed E-state index contributed by atoms with van der Waals surface area (Å²) in [4.78, 5) is 17.3. The van der Waals surface area contributed by atoms with Crippen molar-refractivity contribution < 1.29 is 9.18 Å². The molecule has 3 rings (SSSR count). The predicted molar refractivity (Wildman–Crippen MR) is 88.5 cm³/mol. The first-order valence-corrected chi connectivity index (χ1v) is 8.45. The Kier molecular flexibility index (Phi) is 4.40. The summed E-state index contributed by atoms with van der Waals surface area (Å²) in [5, 5.41) is 0. The zero-order chi connectivity index (χ0) is 15.5. The average Bonchev–Trinajstić information content (AvgIpc) is 2.83. The van der Waals surface area contributed by atoms with Crippen LogP contribution >= 0.6 is 23.1 Å². The van der Waals surface area contributed by atoms with Gasteiger partial charge in [-0.1, -0.05) is 35.6 Å². The Morgan fingerprint density at radius 1 is 1.23 bits per heavy atom. The maximum absolute atomic E-state index is 13.5. The van der Waals surface area contributed by atoms with Crippen molar-refractivity contribution in [2.24, 2.45) is 12.0 Å². The fourth-order valence-electron chi connectivity index (χ4n) is 2.03. The molecule has 112 valence electrons. The highest BCUT2D eigenvalue weighted by molar-refractivity contribution is 8.00. The van der Waals surface area contributed by atoms with E-state index < -0.39 is 0 Å². The van der Waals surface area contributed by atoms with Crippen molar-refractivity contribution in [1.82, 2.24) is 4.57 Å². The van der Waals surface area contributed by atoms with Gasteiger partial charge in [0.05, 0.1) is 16.0 Å². The molecule has 0 fully saturated rings. The van der Waals surface area contributed by atoms with Crippen LogP contribution in [0.25, 0.3) is 10.2 Å². The van der Waals surface area contributed by atoms with Gasteiger partial charge in [0, 0.05) is 11.9 Å². The van der Waals surface area contributed by atoms with E-state index in [1.807, 2.05) is 35.9 Å². The molecule has 3 aromatic rings. The van der Waals surface area contributed by atoms with E-state index in [0.717, 1.165) is 22.0 Å². The van der Waals surface area contributed by atoms with E-state index in [1.165, 1.54) is 17.4 Å². The summed E-state index contributed by atoms with van der Waals surface area (Å²) in [6.45, 7) is 0. The van der Waals surface area contributed by atoms with Crippen LogP contribution in [0, 0.1) is 5.82 Å². The largest absolute Gasteiger partial charge is 0.319 e. The first-order valence-electron chi connectivity index (χ1n) is 6.64. The molecular weight excluding hydrogens is 319 g/mol. The normalized spacial score (nSPS) is 12.0. The van der Waals surface area contributed by atoms with E-state index in [1.54, 1.807) is 18.2 Å². The van der Waals surface area contributed by atoms with E-state index in [2.05, 4.69) is 4.99 Å². The minimum atomic E-state index is -0.312. The van der Waals surface area contributed by atoms with Crippen LogP contribution in [0.3, 0.4) is 0 Å². The number of fused-ring (bicyclic) bond motifs is 1. The van der Waals surface area contributed by atoms with Crippen LogP contribution < -0.4 is 4.80 Å². The standard InChI is InChI=1S/C16H13FN2OS2/c1-19-12-7-3-5-9-14(12)22-16(19)18-15(20)10-21-13-8-4-2-6-11(13)17/h2-9H,10H2,1H3. The van der Waals surface area contributed by atoms with E-state index in [0.29, 0.717) is 9.70 Å². The molecule has 0 atom stereocenters. The summed E-state index contributed by atoms with van der Waals surface area (Å²) in [5.41, 5.74) is 1.04. The van der Waals surface area contributed by atoms with Crippen molar-refractivity contribution in [1.29, 1.82) is 0 Å². The molecule has 0 N–H and O–H groups in total. The van der Waals surface area contributed by atoms with Crippen LogP contribution in [-0.4, -0.2) is 16.2 Å². The molecule has 1 aromatic heterocycles. The van der Waals surface area contributed by atoms with Crippen molar-refractivity contribution in [3.8, 4) is 0 Å². The third kappa shape index (κ3) is 3.13. The molecule has 3 nitrogen and oxygen atoms in total. The van der Waals surface area contributed by atoms with E-state index in [-0.39, 0.29) is 17.5 Å². The van der Waals surface area contributed by atoms with Gasteiger partial charge < -0.3 is 4.57 Å². The number of amides is 1. The molecule has 0 aliphatic heterocycles. The average molecular weight is 332 g/mol. The van der Waals surface area contributed by atoms with Gasteiger partial charge in [0.1, 0.15) is 5.82 Å². The first kappa shape index (κ1) is 15.0. The Morgan fingerprint density at radius 3 is 2.73 bits per heavy atom. The second-order valence-electron chi connectivity index (χ2n) is 4.64. The van der Waals surface area contributed by atoms with Crippen molar-refractivity contribution >= 4 is 39.2 Å². The smallest absolute Gasteiger partial charge is 0.258 e. The lowest BCUT2D eigenvalue weighted by Crippen LogP contribution is -2.14. The Labute approximate surface area is 135 Å². The van der Waals surface area contributed by atoms with E-state index in [9.17, 15) is 9.18 Å². The van der Waals surface area contributed by atoms with E-state index >= 15 is 0 Å². The van der Waals surface area contributed by atoms with Gasteiger partial charge in [0.25, 0.3) is 5.91 Å². The number of aryl methyl sites for hydroxylation is 1. The molecule has 2 aromatic carbocycles. The number of hydrogen-bond acceptors (Lipinski definition) is 3. The summed E-state index contributed by atoms with van der Waals surface area (Å²) >= 11 is 2.63. The van der Waals surface area contributed by atoms with Crippen LogP contribution in [0.1, 0.15) is 0 Å². The molecule has 0 unspecified atom stereocenters. The zero-order valence-electron chi connectivity index (χ0n) is 11.8. The number of aromatic nitrogens is 1. The lowest BCUT2D eigenvalue weighted by atomic mass is 10.3. The third-order valence-electron chi connectivity index (χ3n) is 3.12. The SMILES string of the molecule is Cn1c(=NC(=O)CSc2ccccc2F)sc2ccccc21. The van der Waals surface area contributed by atoms with Gasteiger partial charge in [-0.25, -0.2) is 4.39 Å². The predicted octanol–water partition coefficient (Wildman–Crippen LogP) is 3.60. The minimum Gasteiger partial charge on any atom is -0.319 e. The molecule has 0 bridgehead atoms. The second kappa shape index (κ2) is 6.46. The topological polar surface area (TPSA) is 34.4 Å². The summed E-state index contributed by atoms with van der Waals surface area (Å²) in [5.74, 6) is -0.460. The molecule has 0 saturated carbocycles. The van der Waals surface area contributed by atoms with Crippen LogP contribution in [0.4, 0.5) is 4.39 Å². The number of nitrogens with zero attached hydrogens (tertiary/aromatic N) is 2. The minimum absolute atomic E-state index is 0.120. The Hall–Kier alpha value is -1.92. The third-order valence-corrected chi connectivity index (χ3v) is 5.27. The second-order valence-corrected chi connectivity index (χ2v) is 6.66. The van der Waals surface area contributed by atoms with E-state index in [4.69, 9.17) is 0 Å². The summed E-state index contributed by atoms with van der Waals surface area (Å²) in [6, 6.07) is 14.3. The molecule has 1 heterocycles. The zero-order valence-corrected chi connectivity index (χ0v) is 13.5. The Morgan fingerprint density at radius 2 is 1.95 bits per heavy atom. The van der Waals surface area contributed by atoms with Gasteiger partial charge >= 0.3 is 0 Å². The Bertz CT molecular complexity index is 898. The number of carbonyl (C=O) groups excluding carboxylic acids is 1. The summed E-state index contributed by atoms with van der Waals surface area (Å²) < 4.78 is 16.5. The quantitative estimate of drug-likeness (QED) is 0.687. The van der Waals surface area contributed by atoms with Crippen LogP contribution in [0.2, 0.25) is 0 Å². The number of rotatable bonds is 3. The van der Waals surface area contributed by atoms with Gasteiger partial charge in [0.2, 0.25) is 0 Å². The summed E-state index contributed by atoms with van der Waals surface area (Å²) in [6.07, 6.45) is 0. The van der Waals surface area contributed by atoms with Crippen LogP contribution in [0.15, 0.2) is 58.4 Å². The number of thiazole rings is 1. The maximum Gasteiger partial charge on any atom is 0.258 e. The molecule has 22 heavy (non-hydrogen) atoms. The Balaban J connectivity index is 1.80. The lowest BCUT2D eigenvalue weighted by Gasteiger charge is -1.99. The maximum atomic E-state index is 13.5. The summed E-state index contributed by atoms with van der Waals surface area (Å²) in [7, 11) is 1.88. The fraction of sp³-hybridized carbons (Fsp3) is 0.125. The molecule has 0 saturated heterocycles.